The lowest BCUT2D eigenvalue weighted by atomic mass is 10.1. The van der Waals surface area contributed by atoms with E-state index in [1.165, 1.54) is 13.8 Å². The van der Waals surface area contributed by atoms with Gasteiger partial charge in [-0.2, -0.15) is 0 Å². The van der Waals surface area contributed by atoms with Crippen LogP contribution in [-0.4, -0.2) is 24.6 Å². The Morgan fingerprint density at radius 1 is 1.16 bits per heavy atom. The van der Waals surface area contributed by atoms with Gasteiger partial charge in [-0.1, -0.05) is 36.4 Å². The molecule has 0 N–H and O–H groups in total. The van der Waals surface area contributed by atoms with Gasteiger partial charge in [0.1, 0.15) is 6.10 Å². The van der Waals surface area contributed by atoms with Crippen molar-refractivity contribution >= 4 is 18.0 Å². The Labute approximate surface area is 113 Å². The van der Waals surface area contributed by atoms with Crippen molar-refractivity contribution in [2.45, 2.75) is 26.4 Å². The van der Waals surface area contributed by atoms with Crippen LogP contribution < -0.4 is 0 Å². The number of rotatable bonds is 6. The minimum Gasteiger partial charge on any atom is -0.466 e. The Balaban J connectivity index is 2.56. The lowest BCUT2D eigenvalue weighted by Gasteiger charge is -2.12. The molecule has 19 heavy (non-hydrogen) atoms. The summed E-state index contributed by atoms with van der Waals surface area (Å²) in [5, 5.41) is 0. The van der Waals surface area contributed by atoms with Gasteiger partial charge >= 0.3 is 11.9 Å². The largest absolute Gasteiger partial charge is 0.466 e. The van der Waals surface area contributed by atoms with Crippen molar-refractivity contribution in [1.82, 2.24) is 0 Å². The monoisotopic (exact) mass is 262 g/mol. The number of hydrogen-bond acceptors (Lipinski definition) is 4. The molecule has 1 atom stereocenters. The van der Waals surface area contributed by atoms with Crippen LogP contribution in [0.2, 0.25) is 0 Å². The van der Waals surface area contributed by atoms with Crippen molar-refractivity contribution in [2.75, 3.05) is 6.61 Å². The molecule has 102 valence electrons. The first-order valence-electron chi connectivity index (χ1n) is 6.12. The van der Waals surface area contributed by atoms with Gasteiger partial charge in [0, 0.05) is 20.3 Å². The number of benzene rings is 1. The van der Waals surface area contributed by atoms with Gasteiger partial charge in [-0.25, -0.2) is 0 Å². The van der Waals surface area contributed by atoms with E-state index in [1.54, 1.807) is 6.08 Å². The van der Waals surface area contributed by atoms with Crippen LogP contribution >= 0.6 is 0 Å². The summed E-state index contributed by atoms with van der Waals surface area (Å²) in [7, 11) is 0. The number of ether oxygens (including phenoxy) is 2. The predicted molar refractivity (Wildman–Crippen MR) is 72.3 cm³/mol. The maximum absolute atomic E-state index is 11.0. The SMILES string of the molecule is CC(=O)OCCC(C=Cc1ccccc1)OC(C)=O. The van der Waals surface area contributed by atoms with E-state index in [0.717, 1.165) is 5.56 Å². The summed E-state index contributed by atoms with van der Waals surface area (Å²) in [5.41, 5.74) is 1.02. The highest BCUT2D eigenvalue weighted by Crippen LogP contribution is 2.07. The van der Waals surface area contributed by atoms with Crippen molar-refractivity contribution in [3.63, 3.8) is 0 Å². The third-order valence-corrected chi connectivity index (χ3v) is 2.33. The van der Waals surface area contributed by atoms with Crippen LogP contribution in [0.4, 0.5) is 0 Å². The van der Waals surface area contributed by atoms with Crippen LogP contribution in [0.3, 0.4) is 0 Å². The molecule has 0 bridgehead atoms. The molecule has 0 aliphatic heterocycles. The first-order valence-corrected chi connectivity index (χ1v) is 6.12. The molecule has 0 saturated heterocycles. The molecule has 1 aromatic rings. The van der Waals surface area contributed by atoms with E-state index in [4.69, 9.17) is 9.47 Å². The molecule has 0 radical (unpaired) electrons. The fourth-order valence-corrected chi connectivity index (χ4v) is 1.51. The first kappa shape index (κ1) is 15.0. The summed E-state index contributed by atoms with van der Waals surface area (Å²) in [5.74, 6) is -0.695. The quantitative estimate of drug-likeness (QED) is 0.739. The number of carbonyl (C=O) groups is 2. The molecule has 0 aliphatic rings. The van der Waals surface area contributed by atoms with Crippen LogP contribution in [0.1, 0.15) is 25.8 Å². The summed E-state index contributed by atoms with van der Waals surface area (Å²) in [6.45, 7) is 2.93. The predicted octanol–water partition coefficient (Wildman–Crippen LogP) is 2.58. The highest BCUT2D eigenvalue weighted by molar-refractivity contribution is 5.67. The second-order valence-electron chi connectivity index (χ2n) is 4.05. The topological polar surface area (TPSA) is 52.6 Å². The van der Waals surface area contributed by atoms with Gasteiger partial charge in [0.25, 0.3) is 0 Å². The lowest BCUT2D eigenvalue weighted by Crippen LogP contribution is -2.17. The minimum atomic E-state index is -0.392. The summed E-state index contributed by atoms with van der Waals surface area (Å²) in [4.78, 5) is 21.7. The summed E-state index contributed by atoms with van der Waals surface area (Å²) in [6, 6.07) is 9.70. The highest BCUT2D eigenvalue weighted by atomic mass is 16.6. The van der Waals surface area contributed by atoms with E-state index in [1.807, 2.05) is 36.4 Å². The smallest absolute Gasteiger partial charge is 0.303 e. The maximum Gasteiger partial charge on any atom is 0.303 e. The molecule has 0 saturated carbocycles. The average Bonchev–Trinajstić information content (AvgIpc) is 2.36. The molecule has 4 nitrogen and oxygen atoms in total. The number of carbonyl (C=O) groups excluding carboxylic acids is 2. The van der Waals surface area contributed by atoms with Crippen LogP contribution in [-0.2, 0) is 19.1 Å². The fraction of sp³-hybridized carbons (Fsp3) is 0.333. The summed E-state index contributed by atoms with van der Waals surface area (Å²) in [6.07, 6.45) is 3.72. The van der Waals surface area contributed by atoms with Crippen LogP contribution in [0.15, 0.2) is 36.4 Å². The Morgan fingerprint density at radius 3 is 2.42 bits per heavy atom. The molecular weight excluding hydrogens is 244 g/mol. The number of hydrogen-bond donors (Lipinski definition) is 0. The second kappa shape index (κ2) is 8.08. The van der Waals surface area contributed by atoms with Crippen molar-refractivity contribution in [1.29, 1.82) is 0 Å². The Hall–Kier alpha value is -2.10. The van der Waals surface area contributed by atoms with Crippen molar-refractivity contribution < 1.29 is 19.1 Å². The van der Waals surface area contributed by atoms with Crippen LogP contribution in [0, 0.1) is 0 Å². The van der Waals surface area contributed by atoms with Gasteiger partial charge in [-0.05, 0) is 11.6 Å². The first-order chi connectivity index (χ1) is 9.08. The Morgan fingerprint density at radius 2 is 1.84 bits per heavy atom. The third kappa shape index (κ3) is 7.03. The molecule has 0 aromatic heterocycles. The van der Waals surface area contributed by atoms with E-state index in [2.05, 4.69) is 0 Å². The third-order valence-electron chi connectivity index (χ3n) is 2.33. The highest BCUT2D eigenvalue weighted by Gasteiger charge is 2.09. The summed E-state index contributed by atoms with van der Waals surface area (Å²) < 4.78 is 9.98. The van der Waals surface area contributed by atoms with Crippen molar-refractivity contribution in [2.24, 2.45) is 0 Å². The van der Waals surface area contributed by atoms with Crippen LogP contribution in [0.5, 0.6) is 0 Å². The van der Waals surface area contributed by atoms with Gasteiger partial charge in [-0.3, -0.25) is 9.59 Å². The molecule has 0 fully saturated rings. The standard InChI is InChI=1S/C15H18O4/c1-12(16)18-11-10-15(19-13(2)17)9-8-14-6-4-3-5-7-14/h3-9,15H,10-11H2,1-2H3. The van der Waals surface area contributed by atoms with E-state index < -0.39 is 6.10 Å². The zero-order valence-corrected chi connectivity index (χ0v) is 11.2. The Bertz CT molecular complexity index is 437. The van der Waals surface area contributed by atoms with Gasteiger partial charge < -0.3 is 9.47 Å². The minimum absolute atomic E-state index is 0.229. The van der Waals surface area contributed by atoms with E-state index in [0.29, 0.717) is 6.42 Å². The van der Waals surface area contributed by atoms with Gasteiger partial charge in [0.2, 0.25) is 0 Å². The molecule has 1 unspecified atom stereocenters. The Kier molecular flexibility index (Phi) is 6.36. The molecule has 1 rings (SSSR count). The lowest BCUT2D eigenvalue weighted by molar-refractivity contribution is -0.146. The second-order valence-corrected chi connectivity index (χ2v) is 4.05. The average molecular weight is 262 g/mol. The normalized spacial score (nSPS) is 12.1. The fourth-order valence-electron chi connectivity index (χ4n) is 1.51. The summed E-state index contributed by atoms with van der Waals surface area (Å²) >= 11 is 0. The molecule has 0 spiro atoms. The maximum atomic E-state index is 11.0. The van der Waals surface area contributed by atoms with E-state index in [9.17, 15) is 9.59 Å². The zero-order chi connectivity index (χ0) is 14.1. The molecule has 1 aromatic carbocycles. The number of esters is 2. The molecule has 4 heteroatoms. The molecular formula is C15H18O4. The van der Waals surface area contributed by atoms with Gasteiger partial charge in [0.05, 0.1) is 6.61 Å². The molecule has 0 aliphatic carbocycles. The van der Waals surface area contributed by atoms with Crippen molar-refractivity contribution in [3.8, 4) is 0 Å². The molecule has 0 amide bonds. The van der Waals surface area contributed by atoms with Crippen molar-refractivity contribution in [3.05, 3.63) is 42.0 Å². The van der Waals surface area contributed by atoms with Gasteiger partial charge in [0.15, 0.2) is 0 Å². The van der Waals surface area contributed by atoms with E-state index in [-0.39, 0.29) is 18.5 Å². The van der Waals surface area contributed by atoms with E-state index >= 15 is 0 Å². The van der Waals surface area contributed by atoms with Gasteiger partial charge in [-0.15, -0.1) is 0 Å². The zero-order valence-electron chi connectivity index (χ0n) is 11.2. The van der Waals surface area contributed by atoms with Crippen LogP contribution in [0.25, 0.3) is 6.08 Å². The molecule has 0 heterocycles.